The average Bonchev–Trinajstić information content (AvgIpc) is 2.89. The molecule has 2 atom stereocenters. The Balaban J connectivity index is 4.30. The van der Waals surface area contributed by atoms with Crippen LogP contribution < -0.4 is 5.32 Å². The maximum atomic E-state index is 12.5. The van der Waals surface area contributed by atoms with E-state index < -0.39 is 24.4 Å². The van der Waals surface area contributed by atoms with E-state index in [9.17, 15) is 24.3 Å². The second kappa shape index (κ2) is 22.7. The molecule has 0 saturated heterocycles. The van der Waals surface area contributed by atoms with Crippen molar-refractivity contribution in [2.45, 2.75) is 96.2 Å². The van der Waals surface area contributed by atoms with Gasteiger partial charge in [0.1, 0.15) is 5.78 Å². The molecule has 218 valence electrons. The number of carbonyl (C=O) groups excluding carboxylic acids is 4. The van der Waals surface area contributed by atoms with Crippen LogP contribution in [0.4, 0.5) is 0 Å². The van der Waals surface area contributed by atoms with Gasteiger partial charge in [0, 0.05) is 45.6 Å². The van der Waals surface area contributed by atoms with Crippen molar-refractivity contribution < 1.29 is 33.8 Å². The number of allylic oxidation sites excluding steroid dienone is 1. The normalized spacial score (nSPS) is 13.3. The molecule has 10 heteroatoms. The van der Waals surface area contributed by atoms with Gasteiger partial charge in [0.25, 0.3) is 0 Å². The summed E-state index contributed by atoms with van der Waals surface area (Å²) < 4.78 is 9.99. The van der Waals surface area contributed by atoms with Crippen LogP contribution in [0.15, 0.2) is 23.3 Å². The molecule has 0 fully saturated rings. The summed E-state index contributed by atoms with van der Waals surface area (Å²) in [7, 11) is 4.58. The van der Waals surface area contributed by atoms with E-state index in [2.05, 4.69) is 23.1 Å². The number of hydrogen-bond acceptors (Lipinski definition) is 7. The third-order valence-corrected chi connectivity index (χ3v) is 6.33. The largest absolute Gasteiger partial charge is 0.469 e. The number of aliphatic hydroxyl groups excluding tert-OH is 1. The molecular weight excluding hydrogens is 512 g/mol. The highest BCUT2D eigenvalue weighted by Crippen LogP contribution is 2.13. The number of ketones is 1. The number of likely N-dealkylation sites (N-methyl/N-ethyl adjacent to an activating group) is 1. The Morgan fingerprint density at radius 3 is 2.39 bits per heavy atom. The molecule has 9 nitrogen and oxygen atoms in total. The van der Waals surface area contributed by atoms with E-state index in [-0.39, 0.29) is 43.7 Å². The van der Waals surface area contributed by atoms with Crippen molar-refractivity contribution in [2.75, 3.05) is 34.4 Å². The Bertz CT molecular complexity index is 770. The van der Waals surface area contributed by atoms with Crippen LogP contribution >= 0.6 is 11.6 Å². The summed E-state index contributed by atoms with van der Waals surface area (Å²) >= 11 is 5.86. The maximum Gasteiger partial charge on any atom is 0.308 e. The monoisotopic (exact) mass is 558 g/mol. The molecule has 0 unspecified atom stereocenters. The number of methoxy groups -OCH3 is 2. The zero-order valence-corrected chi connectivity index (χ0v) is 24.3. The topological polar surface area (TPSA) is 122 Å². The van der Waals surface area contributed by atoms with Gasteiger partial charge in [-0.15, -0.1) is 0 Å². The van der Waals surface area contributed by atoms with E-state index in [1.165, 1.54) is 49.6 Å². The Kier molecular flexibility index (Phi) is 21.4. The van der Waals surface area contributed by atoms with Gasteiger partial charge < -0.3 is 24.8 Å². The SMILES string of the molecule is CCCCCCC[C@@H](C/C=C/CCC(=O)N(C)CC(=CCl)CC(=O)CC(=O)NC[C@H](O)CC(=O)OC)OC. The van der Waals surface area contributed by atoms with Gasteiger partial charge in [-0.25, -0.2) is 0 Å². The summed E-state index contributed by atoms with van der Waals surface area (Å²) in [5.41, 5.74) is 1.77. The number of nitrogens with zero attached hydrogens (tertiary/aromatic N) is 1. The lowest BCUT2D eigenvalue weighted by molar-refractivity contribution is -0.143. The molecule has 2 amide bonds. The minimum atomic E-state index is -1.10. The van der Waals surface area contributed by atoms with Crippen LogP contribution in [-0.2, 0) is 28.7 Å². The third-order valence-electron chi connectivity index (χ3n) is 6.02. The summed E-state index contributed by atoms with van der Waals surface area (Å²) in [5.74, 6) is -1.62. The fourth-order valence-electron chi connectivity index (χ4n) is 3.73. The maximum absolute atomic E-state index is 12.5. The first-order valence-electron chi connectivity index (χ1n) is 13.4. The first kappa shape index (κ1) is 35.8. The fraction of sp³-hybridized carbons (Fsp3) is 0.714. The van der Waals surface area contributed by atoms with E-state index in [0.717, 1.165) is 12.8 Å². The van der Waals surface area contributed by atoms with Crippen LogP contribution in [0.3, 0.4) is 0 Å². The Hall–Kier alpha value is -2.23. The van der Waals surface area contributed by atoms with Gasteiger partial charge in [0.2, 0.25) is 11.8 Å². The lowest BCUT2D eigenvalue weighted by Crippen LogP contribution is -2.34. The van der Waals surface area contributed by atoms with Crippen molar-refractivity contribution in [1.29, 1.82) is 0 Å². The fourth-order valence-corrected chi connectivity index (χ4v) is 3.88. The number of rotatable bonds is 22. The van der Waals surface area contributed by atoms with Crippen molar-refractivity contribution in [3.63, 3.8) is 0 Å². The van der Waals surface area contributed by atoms with E-state index in [1.54, 1.807) is 14.2 Å². The van der Waals surface area contributed by atoms with Gasteiger partial charge >= 0.3 is 5.97 Å². The Morgan fingerprint density at radius 1 is 1.05 bits per heavy atom. The summed E-state index contributed by atoms with van der Waals surface area (Å²) in [6, 6.07) is 0. The van der Waals surface area contributed by atoms with E-state index in [4.69, 9.17) is 16.3 Å². The molecule has 0 saturated carbocycles. The quantitative estimate of drug-likeness (QED) is 0.0889. The van der Waals surface area contributed by atoms with Gasteiger partial charge in [-0.3, -0.25) is 19.2 Å². The van der Waals surface area contributed by atoms with Crippen LogP contribution in [0.5, 0.6) is 0 Å². The van der Waals surface area contributed by atoms with Crippen LogP contribution in [0.25, 0.3) is 0 Å². The van der Waals surface area contributed by atoms with Gasteiger partial charge in [-0.1, -0.05) is 62.8 Å². The van der Waals surface area contributed by atoms with Crippen molar-refractivity contribution in [3.8, 4) is 0 Å². The molecule has 0 radical (unpaired) electrons. The summed E-state index contributed by atoms with van der Waals surface area (Å²) in [4.78, 5) is 49.3. The number of nitrogens with one attached hydrogen (secondary N) is 1. The lowest BCUT2D eigenvalue weighted by Gasteiger charge is -2.18. The van der Waals surface area contributed by atoms with Gasteiger partial charge in [-0.2, -0.15) is 0 Å². The van der Waals surface area contributed by atoms with Gasteiger partial charge in [-0.05, 0) is 24.8 Å². The third kappa shape index (κ3) is 18.9. The minimum absolute atomic E-state index is 0.0734. The first-order valence-corrected chi connectivity index (χ1v) is 13.8. The molecule has 0 aromatic rings. The molecule has 0 aliphatic heterocycles. The van der Waals surface area contributed by atoms with Crippen molar-refractivity contribution in [3.05, 3.63) is 23.3 Å². The molecule has 0 heterocycles. The number of unbranched alkanes of at least 4 members (excludes halogenated alkanes) is 4. The van der Waals surface area contributed by atoms with Crippen LogP contribution in [0.1, 0.15) is 84.0 Å². The van der Waals surface area contributed by atoms with Gasteiger partial charge in [0.15, 0.2) is 0 Å². The van der Waals surface area contributed by atoms with E-state index in [1.807, 2.05) is 6.08 Å². The summed E-state index contributed by atoms with van der Waals surface area (Å²) in [6.07, 6.45) is 11.4. The van der Waals surface area contributed by atoms with E-state index in [0.29, 0.717) is 18.4 Å². The number of aliphatic hydroxyl groups is 1. The molecule has 2 N–H and O–H groups in total. The predicted octanol–water partition coefficient (Wildman–Crippen LogP) is 4.06. The number of carbonyl (C=O) groups is 4. The summed E-state index contributed by atoms with van der Waals surface area (Å²) in [6.45, 7) is 2.22. The minimum Gasteiger partial charge on any atom is -0.469 e. The molecule has 0 aliphatic rings. The second-order valence-electron chi connectivity index (χ2n) is 9.45. The molecule has 0 rings (SSSR count). The molecular formula is C28H47ClN2O7. The number of ether oxygens (including phenoxy) is 2. The van der Waals surface area contributed by atoms with Crippen LogP contribution in [0, 0.1) is 0 Å². The number of halogens is 1. The zero-order valence-electron chi connectivity index (χ0n) is 23.5. The number of hydrogen-bond donors (Lipinski definition) is 2. The zero-order chi connectivity index (χ0) is 28.8. The molecule has 0 spiro atoms. The van der Waals surface area contributed by atoms with Crippen LogP contribution in [-0.4, -0.2) is 80.1 Å². The van der Waals surface area contributed by atoms with Crippen molar-refractivity contribution >= 4 is 35.2 Å². The molecule has 0 aliphatic carbocycles. The highest BCUT2D eigenvalue weighted by atomic mass is 35.5. The summed E-state index contributed by atoms with van der Waals surface area (Å²) in [5, 5.41) is 12.1. The Labute approximate surface area is 232 Å². The van der Waals surface area contributed by atoms with Gasteiger partial charge in [0.05, 0.1) is 32.2 Å². The number of esters is 1. The highest BCUT2D eigenvalue weighted by molar-refractivity contribution is 6.26. The standard InChI is InChI=1S/C28H47ClN2O7/c1-5-6-7-8-10-13-25(37-3)14-11-9-12-15-27(35)31(2)21-22(19-29)16-23(32)17-26(34)30-20-24(33)18-28(36)38-4/h9,11,19,24-25,33H,5-8,10,12-18,20-21H2,1-4H3,(H,30,34)/b11-9+,22-19?/t24-,25+/m1/s1. The number of amides is 2. The highest BCUT2D eigenvalue weighted by Gasteiger charge is 2.17. The predicted molar refractivity (Wildman–Crippen MR) is 149 cm³/mol. The Morgan fingerprint density at radius 2 is 1.76 bits per heavy atom. The molecule has 0 bridgehead atoms. The molecule has 0 aromatic heterocycles. The molecule has 0 aromatic carbocycles. The van der Waals surface area contributed by atoms with Crippen LogP contribution in [0.2, 0.25) is 0 Å². The average molecular weight is 559 g/mol. The molecule has 38 heavy (non-hydrogen) atoms. The van der Waals surface area contributed by atoms with E-state index >= 15 is 0 Å². The number of Topliss-reactive ketones (excluding diaryl/α,β-unsaturated/α-hetero) is 1. The lowest BCUT2D eigenvalue weighted by atomic mass is 10.1. The first-order chi connectivity index (χ1) is 18.2. The second-order valence-corrected chi connectivity index (χ2v) is 9.67. The smallest absolute Gasteiger partial charge is 0.308 e. The van der Waals surface area contributed by atoms with Crippen molar-refractivity contribution in [1.82, 2.24) is 10.2 Å². The van der Waals surface area contributed by atoms with Crippen molar-refractivity contribution in [2.24, 2.45) is 0 Å².